The molecule has 0 aliphatic heterocycles. The number of aromatic nitrogens is 5. The third-order valence-electron chi connectivity index (χ3n) is 12.9. The average molecular weight is 870 g/mol. The molecule has 13 rings (SSSR count). The van der Waals surface area contributed by atoms with Crippen LogP contribution in [0.1, 0.15) is 0 Å². The lowest BCUT2D eigenvalue weighted by atomic mass is 9.90. The molecule has 0 aliphatic rings. The van der Waals surface area contributed by atoms with Crippen molar-refractivity contribution in [2.24, 2.45) is 0 Å². The zero-order chi connectivity index (χ0) is 45.0. The molecular formula is C62H39N5O. The minimum atomic E-state index is 0.516. The zero-order valence-electron chi connectivity index (χ0n) is 36.7. The van der Waals surface area contributed by atoms with Gasteiger partial charge < -0.3 is 8.98 Å². The molecule has 0 radical (unpaired) electrons. The van der Waals surface area contributed by atoms with E-state index in [0.717, 1.165) is 105 Å². The quantitative estimate of drug-likeness (QED) is 0.152. The smallest absolute Gasteiger partial charge is 0.166 e. The van der Waals surface area contributed by atoms with Crippen LogP contribution in [0.4, 0.5) is 0 Å². The number of hydrogen-bond donors (Lipinski definition) is 0. The van der Waals surface area contributed by atoms with Crippen molar-refractivity contribution in [2.45, 2.75) is 0 Å². The van der Waals surface area contributed by atoms with Crippen molar-refractivity contribution in [3.05, 3.63) is 237 Å². The molecule has 0 N–H and O–H groups in total. The summed E-state index contributed by atoms with van der Waals surface area (Å²) >= 11 is 0. The summed E-state index contributed by atoms with van der Waals surface area (Å²) in [7, 11) is 0. The molecule has 6 nitrogen and oxygen atoms in total. The van der Waals surface area contributed by atoms with Crippen LogP contribution in [0.2, 0.25) is 0 Å². The van der Waals surface area contributed by atoms with Crippen molar-refractivity contribution in [1.29, 1.82) is 0 Å². The molecule has 0 amide bonds. The Kier molecular flexibility index (Phi) is 9.39. The monoisotopic (exact) mass is 869 g/mol. The molecule has 0 saturated heterocycles. The minimum absolute atomic E-state index is 0.516. The predicted octanol–water partition coefficient (Wildman–Crippen LogP) is 15.9. The van der Waals surface area contributed by atoms with E-state index in [0.29, 0.717) is 17.5 Å². The fraction of sp³-hybridized carbons (Fsp3) is 0. The lowest BCUT2D eigenvalue weighted by Gasteiger charge is -2.16. The van der Waals surface area contributed by atoms with E-state index in [1.165, 1.54) is 5.39 Å². The second kappa shape index (κ2) is 16.3. The van der Waals surface area contributed by atoms with Crippen molar-refractivity contribution < 1.29 is 4.42 Å². The van der Waals surface area contributed by atoms with Crippen LogP contribution in [-0.4, -0.2) is 24.5 Å². The van der Waals surface area contributed by atoms with Crippen molar-refractivity contribution in [1.82, 2.24) is 24.5 Å². The summed E-state index contributed by atoms with van der Waals surface area (Å²) in [6, 6.07) is 80.0. The molecule has 6 heteroatoms. The van der Waals surface area contributed by atoms with Crippen LogP contribution < -0.4 is 0 Å². The van der Waals surface area contributed by atoms with E-state index in [9.17, 15) is 0 Å². The molecule has 0 spiro atoms. The number of rotatable bonds is 8. The van der Waals surface area contributed by atoms with Gasteiger partial charge in [-0.1, -0.05) is 188 Å². The largest absolute Gasteiger partial charge is 0.454 e. The Morgan fingerprint density at radius 2 is 0.912 bits per heavy atom. The van der Waals surface area contributed by atoms with Crippen LogP contribution in [0, 0.1) is 0 Å². The van der Waals surface area contributed by atoms with Crippen LogP contribution in [0.5, 0.6) is 0 Å². The maximum atomic E-state index is 7.03. The van der Waals surface area contributed by atoms with Gasteiger partial charge in [0.2, 0.25) is 0 Å². The molecule has 318 valence electrons. The molecular weight excluding hydrogens is 831 g/mol. The van der Waals surface area contributed by atoms with Gasteiger partial charge in [-0.2, -0.15) is 0 Å². The second-order valence-corrected chi connectivity index (χ2v) is 17.0. The molecule has 0 unspecified atom stereocenters. The maximum absolute atomic E-state index is 7.03. The van der Waals surface area contributed by atoms with Gasteiger partial charge >= 0.3 is 0 Å². The van der Waals surface area contributed by atoms with Crippen molar-refractivity contribution in [3.63, 3.8) is 0 Å². The maximum Gasteiger partial charge on any atom is 0.166 e. The summed E-state index contributed by atoms with van der Waals surface area (Å²) in [5.74, 6) is 1.67. The highest BCUT2D eigenvalue weighted by molar-refractivity contribution is 6.23. The van der Waals surface area contributed by atoms with Crippen LogP contribution in [0.25, 0.3) is 128 Å². The summed E-state index contributed by atoms with van der Waals surface area (Å²) in [5, 5.41) is 4.25. The molecule has 0 bridgehead atoms. The highest BCUT2D eigenvalue weighted by atomic mass is 16.3. The molecule has 13 aromatic rings. The van der Waals surface area contributed by atoms with Gasteiger partial charge in [-0.3, -0.25) is 4.98 Å². The third kappa shape index (κ3) is 6.66. The Morgan fingerprint density at radius 3 is 1.59 bits per heavy atom. The molecule has 9 aromatic carbocycles. The standard InChI is InChI=1S/C62H39N5O/c1-6-19-40(20-7-1)47-34-33-44(37-52(47)41-21-8-2-9-22-41)45-38-53(62-65-60(42-23-10-3-11-24-42)64-61(66-62)43-25-12-4-13-26-43)57(63-39-45)50-30-18-32-55-56(50)51-36-35-49-48-29-16-17-31-54(48)67(58(49)59(51)68-55)46-27-14-5-15-28-46/h1-39H. The first-order valence-electron chi connectivity index (χ1n) is 22.8. The van der Waals surface area contributed by atoms with E-state index in [-0.39, 0.29) is 0 Å². The molecule has 0 aliphatic carbocycles. The number of benzene rings is 9. The van der Waals surface area contributed by atoms with E-state index >= 15 is 0 Å². The highest BCUT2D eigenvalue weighted by Gasteiger charge is 2.24. The third-order valence-corrected chi connectivity index (χ3v) is 12.9. The lowest BCUT2D eigenvalue weighted by Crippen LogP contribution is -2.02. The molecule has 4 heterocycles. The molecule has 0 fully saturated rings. The van der Waals surface area contributed by atoms with E-state index in [2.05, 4.69) is 174 Å². The topological polar surface area (TPSA) is 69.6 Å². The predicted molar refractivity (Wildman–Crippen MR) is 277 cm³/mol. The molecule has 0 atom stereocenters. The van der Waals surface area contributed by atoms with Crippen LogP contribution in [0.3, 0.4) is 0 Å². The summed E-state index contributed by atoms with van der Waals surface area (Å²) in [5.41, 5.74) is 15.5. The van der Waals surface area contributed by atoms with Crippen LogP contribution in [-0.2, 0) is 0 Å². The van der Waals surface area contributed by atoms with E-state index in [1.807, 2.05) is 66.9 Å². The first-order chi connectivity index (χ1) is 33.7. The minimum Gasteiger partial charge on any atom is -0.454 e. The van der Waals surface area contributed by atoms with E-state index in [4.69, 9.17) is 24.4 Å². The van der Waals surface area contributed by atoms with Gasteiger partial charge in [0.15, 0.2) is 23.1 Å². The Labute approximate surface area is 392 Å². The van der Waals surface area contributed by atoms with Gasteiger partial charge in [0.1, 0.15) is 5.58 Å². The summed E-state index contributed by atoms with van der Waals surface area (Å²) in [6.07, 6.45) is 1.98. The number of nitrogens with zero attached hydrogens (tertiary/aromatic N) is 5. The Bertz CT molecular complexity index is 3940. The summed E-state index contributed by atoms with van der Waals surface area (Å²) in [6.45, 7) is 0. The number of para-hydroxylation sites is 2. The highest BCUT2D eigenvalue weighted by Crippen LogP contribution is 2.45. The SMILES string of the molecule is c1ccc(-c2nc(-c3ccccc3)nc(-c3cc(-c4ccc(-c5ccccc5)c(-c5ccccc5)c4)cnc3-c3cccc4oc5c(ccc6c7ccccc7n(-c7ccccc7)c65)c34)n2)cc1. The number of pyridine rings is 1. The fourth-order valence-corrected chi connectivity index (χ4v) is 9.76. The first-order valence-corrected chi connectivity index (χ1v) is 22.8. The Morgan fingerprint density at radius 1 is 0.353 bits per heavy atom. The van der Waals surface area contributed by atoms with Gasteiger partial charge in [-0.15, -0.1) is 0 Å². The number of fused-ring (bicyclic) bond motifs is 7. The number of furan rings is 1. The van der Waals surface area contributed by atoms with Gasteiger partial charge in [-0.05, 0) is 70.3 Å². The normalized spacial score (nSPS) is 11.5. The number of hydrogen-bond acceptors (Lipinski definition) is 5. The van der Waals surface area contributed by atoms with Crippen molar-refractivity contribution in [2.75, 3.05) is 0 Å². The summed E-state index contributed by atoms with van der Waals surface area (Å²) in [4.78, 5) is 21.1. The van der Waals surface area contributed by atoms with Gasteiger partial charge in [-0.25, -0.2) is 15.0 Å². The molecule has 68 heavy (non-hydrogen) atoms. The molecule has 0 saturated carbocycles. The molecule has 4 aromatic heterocycles. The average Bonchev–Trinajstić information content (AvgIpc) is 3.98. The van der Waals surface area contributed by atoms with Crippen LogP contribution in [0.15, 0.2) is 241 Å². The Balaban J connectivity index is 1.08. The zero-order valence-corrected chi connectivity index (χ0v) is 36.7. The van der Waals surface area contributed by atoms with Gasteiger partial charge in [0.25, 0.3) is 0 Å². The lowest BCUT2D eigenvalue weighted by molar-refractivity contribution is 0.671. The first kappa shape index (κ1) is 39.1. The van der Waals surface area contributed by atoms with E-state index in [1.54, 1.807) is 0 Å². The summed E-state index contributed by atoms with van der Waals surface area (Å²) < 4.78 is 9.35. The second-order valence-electron chi connectivity index (χ2n) is 17.0. The van der Waals surface area contributed by atoms with Crippen LogP contribution >= 0.6 is 0 Å². The van der Waals surface area contributed by atoms with Crippen molar-refractivity contribution in [3.8, 4) is 84.5 Å². The Hall–Kier alpha value is -9.26. The fourth-order valence-electron chi connectivity index (χ4n) is 9.76. The van der Waals surface area contributed by atoms with Gasteiger partial charge in [0, 0.05) is 61.2 Å². The van der Waals surface area contributed by atoms with E-state index < -0.39 is 0 Å². The van der Waals surface area contributed by atoms with Crippen molar-refractivity contribution >= 4 is 43.7 Å². The van der Waals surface area contributed by atoms with Gasteiger partial charge in [0.05, 0.1) is 16.7 Å².